The number of nitrogens with zero attached hydrogens (tertiary/aromatic N) is 4. The number of nitrogens with one attached hydrogen (secondary N) is 1. The van der Waals surface area contributed by atoms with Crippen molar-refractivity contribution in [1.29, 1.82) is 0 Å². The second-order valence-corrected chi connectivity index (χ2v) is 11.7. The van der Waals surface area contributed by atoms with Crippen LogP contribution in [0.4, 0.5) is 5.69 Å². The third-order valence-corrected chi connectivity index (χ3v) is 8.62. The number of hydrogen-bond donors (Lipinski definition) is 1. The number of hydrogen-bond acceptors (Lipinski definition) is 5. The largest absolute Gasteiger partial charge is 0.322 e. The van der Waals surface area contributed by atoms with Gasteiger partial charge in [0.2, 0.25) is 0 Å². The van der Waals surface area contributed by atoms with Gasteiger partial charge in [-0.15, -0.1) is 0 Å². The summed E-state index contributed by atoms with van der Waals surface area (Å²) in [5.41, 5.74) is 5.88. The second kappa shape index (κ2) is 10.9. The number of carbonyl (C=O) groups is 1. The molecule has 1 amide bonds. The molecule has 0 radical (unpaired) electrons. The van der Waals surface area contributed by atoms with Crippen molar-refractivity contribution in [2.45, 2.75) is 26.8 Å². The molecule has 0 spiro atoms. The zero-order chi connectivity index (χ0) is 28.7. The molecule has 2 aromatic heterocycles. The Labute approximate surface area is 249 Å². The number of aromatic nitrogens is 3. The maximum Gasteiger partial charge on any atom is 0.271 e. The predicted octanol–water partition coefficient (Wildman–Crippen LogP) is 5.44. The van der Waals surface area contributed by atoms with Gasteiger partial charge in [-0.2, -0.15) is 5.10 Å². The van der Waals surface area contributed by atoms with E-state index in [0.717, 1.165) is 32.7 Å². The van der Waals surface area contributed by atoms with Crippen LogP contribution in [0.25, 0.3) is 11.8 Å². The van der Waals surface area contributed by atoms with E-state index in [9.17, 15) is 9.59 Å². The van der Waals surface area contributed by atoms with Gasteiger partial charge < -0.3 is 5.32 Å². The van der Waals surface area contributed by atoms with Crippen molar-refractivity contribution in [1.82, 2.24) is 14.3 Å². The molecule has 5 aromatic rings. The van der Waals surface area contributed by atoms with Crippen molar-refractivity contribution in [3.63, 3.8) is 0 Å². The smallest absolute Gasteiger partial charge is 0.271 e. The number of fused-ring (bicyclic) bond motifs is 1. The van der Waals surface area contributed by atoms with Crippen LogP contribution in [-0.4, -0.2) is 20.3 Å². The standard InChI is InChI=1S/C32H26BrN5O2S/c1-19-26(21(3)38(36-19)25-12-8-5-9-13-25)18-27-31(40)37-29(22-14-16-23(33)17-15-22)28(20(2)34-32(37)41-27)30(39)35-24-10-6-4-7-11-24/h4-18,29H,1-3H3,(H,35,39). The zero-order valence-corrected chi connectivity index (χ0v) is 25.0. The molecule has 0 aliphatic carbocycles. The van der Waals surface area contributed by atoms with E-state index in [4.69, 9.17) is 10.1 Å². The van der Waals surface area contributed by atoms with Gasteiger partial charge in [-0.1, -0.05) is 75.8 Å². The van der Waals surface area contributed by atoms with E-state index in [1.807, 2.05) is 116 Å². The fourth-order valence-electron chi connectivity index (χ4n) is 5.11. The highest BCUT2D eigenvalue weighted by Crippen LogP contribution is 2.31. The van der Waals surface area contributed by atoms with Crippen LogP contribution < -0.4 is 20.2 Å². The van der Waals surface area contributed by atoms with Crippen LogP contribution in [0.2, 0.25) is 0 Å². The van der Waals surface area contributed by atoms with Crippen LogP contribution in [0, 0.1) is 13.8 Å². The van der Waals surface area contributed by atoms with Crippen molar-refractivity contribution in [3.05, 3.63) is 143 Å². The van der Waals surface area contributed by atoms with Crippen LogP contribution in [-0.2, 0) is 4.79 Å². The molecular weight excluding hydrogens is 598 g/mol. The second-order valence-electron chi connectivity index (χ2n) is 9.79. The fraction of sp³-hybridized carbons (Fsp3) is 0.125. The van der Waals surface area contributed by atoms with Crippen molar-refractivity contribution < 1.29 is 4.79 Å². The van der Waals surface area contributed by atoms with Crippen LogP contribution >= 0.6 is 27.3 Å². The number of rotatable bonds is 5. The summed E-state index contributed by atoms with van der Waals surface area (Å²) in [5.74, 6) is -0.296. The molecule has 1 atom stereocenters. The molecular formula is C32H26BrN5O2S. The summed E-state index contributed by atoms with van der Waals surface area (Å²) < 4.78 is 4.96. The fourth-order valence-corrected chi connectivity index (χ4v) is 6.40. The van der Waals surface area contributed by atoms with Gasteiger partial charge in [0.15, 0.2) is 4.80 Å². The first-order valence-electron chi connectivity index (χ1n) is 13.1. The van der Waals surface area contributed by atoms with Gasteiger partial charge in [-0.05, 0) is 68.8 Å². The van der Waals surface area contributed by atoms with Gasteiger partial charge in [0, 0.05) is 21.4 Å². The van der Waals surface area contributed by atoms with Gasteiger partial charge in [0.25, 0.3) is 11.5 Å². The molecule has 1 unspecified atom stereocenters. The molecule has 0 saturated carbocycles. The summed E-state index contributed by atoms with van der Waals surface area (Å²) in [6.07, 6.45) is 1.89. The minimum atomic E-state index is -0.639. The molecule has 204 valence electrons. The summed E-state index contributed by atoms with van der Waals surface area (Å²) in [6.45, 7) is 5.76. The minimum Gasteiger partial charge on any atom is -0.322 e. The van der Waals surface area contributed by atoms with Gasteiger partial charge >= 0.3 is 0 Å². The monoisotopic (exact) mass is 623 g/mol. The number of allylic oxidation sites excluding steroid dienone is 1. The molecule has 0 saturated heterocycles. The minimum absolute atomic E-state index is 0.203. The number of anilines is 1. The quantitative estimate of drug-likeness (QED) is 0.283. The lowest BCUT2D eigenvalue weighted by atomic mass is 9.95. The molecule has 3 aromatic carbocycles. The Morgan fingerprint density at radius 2 is 1.61 bits per heavy atom. The van der Waals surface area contributed by atoms with E-state index in [1.54, 1.807) is 4.57 Å². The Morgan fingerprint density at radius 3 is 2.29 bits per heavy atom. The first-order valence-corrected chi connectivity index (χ1v) is 14.7. The Hall–Kier alpha value is -4.34. The summed E-state index contributed by atoms with van der Waals surface area (Å²) in [7, 11) is 0. The topological polar surface area (TPSA) is 81.3 Å². The third kappa shape index (κ3) is 5.03. The molecule has 1 aliphatic rings. The van der Waals surface area contributed by atoms with E-state index >= 15 is 0 Å². The number of carbonyl (C=O) groups excluding carboxylic acids is 1. The lowest BCUT2D eigenvalue weighted by Crippen LogP contribution is -2.40. The van der Waals surface area contributed by atoms with Crippen molar-refractivity contribution >= 4 is 44.9 Å². The summed E-state index contributed by atoms with van der Waals surface area (Å²) in [4.78, 5) is 33.1. The normalized spacial score (nSPS) is 15.0. The van der Waals surface area contributed by atoms with Crippen LogP contribution in [0.15, 0.2) is 110 Å². The molecule has 9 heteroatoms. The van der Waals surface area contributed by atoms with Gasteiger partial charge in [-0.25, -0.2) is 9.67 Å². The Morgan fingerprint density at radius 1 is 0.951 bits per heavy atom. The average Bonchev–Trinajstić information content (AvgIpc) is 3.43. The Bertz CT molecular complexity index is 1990. The predicted molar refractivity (Wildman–Crippen MR) is 166 cm³/mol. The molecule has 3 heterocycles. The number of para-hydroxylation sites is 2. The summed E-state index contributed by atoms with van der Waals surface area (Å²) in [5, 5.41) is 7.72. The maximum atomic E-state index is 14.1. The number of aryl methyl sites for hydroxylation is 1. The third-order valence-electron chi connectivity index (χ3n) is 7.11. The van der Waals surface area contributed by atoms with Gasteiger partial charge in [-0.3, -0.25) is 14.2 Å². The first kappa shape index (κ1) is 26.9. The van der Waals surface area contributed by atoms with Crippen molar-refractivity contribution in [2.24, 2.45) is 4.99 Å². The number of halogens is 1. The number of thiazole rings is 1. The summed E-state index contributed by atoms with van der Waals surface area (Å²) in [6, 6.07) is 26.2. The highest BCUT2D eigenvalue weighted by molar-refractivity contribution is 9.10. The highest BCUT2D eigenvalue weighted by Gasteiger charge is 2.32. The lowest BCUT2D eigenvalue weighted by Gasteiger charge is -2.25. The van der Waals surface area contributed by atoms with E-state index in [2.05, 4.69) is 21.2 Å². The first-order chi connectivity index (χ1) is 19.8. The molecule has 1 aliphatic heterocycles. The molecule has 41 heavy (non-hydrogen) atoms. The molecule has 1 N–H and O–H groups in total. The SMILES string of the molecule is CC1=C(C(=O)Nc2ccccc2)C(c2ccc(Br)cc2)n2c(sc(=Cc3c(C)nn(-c4ccccc4)c3C)c2=O)=N1. The van der Waals surface area contributed by atoms with E-state index in [-0.39, 0.29) is 11.5 Å². The van der Waals surface area contributed by atoms with Crippen LogP contribution in [0.5, 0.6) is 0 Å². The van der Waals surface area contributed by atoms with Crippen LogP contribution in [0.3, 0.4) is 0 Å². The molecule has 0 fully saturated rings. The lowest BCUT2D eigenvalue weighted by molar-refractivity contribution is -0.113. The Kier molecular flexibility index (Phi) is 7.15. The van der Waals surface area contributed by atoms with E-state index in [0.29, 0.717) is 26.3 Å². The molecule has 0 bridgehead atoms. The maximum absolute atomic E-state index is 14.1. The zero-order valence-electron chi connectivity index (χ0n) is 22.6. The molecule has 7 nitrogen and oxygen atoms in total. The van der Waals surface area contributed by atoms with E-state index in [1.165, 1.54) is 11.3 Å². The number of amides is 1. The van der Waals surface area contributed by atoms with Crippen molar-refractivity contribution in [3.8, 4) is 5.69 Å². The highest BCUT2D eigenvalue weighted by atomic mass is 79.9. The molecule has 6 rings (SSSR count). The van der Waals surface area contributed by atoms with E-state index < -0.39 is 6.04 Å². The van der Waals surface area contributed by atoms with Crippen LogP contribution in [0.1, 0.15) is 35.5 Å². The number of benzene rings is 3. The average molecular weight is 625 g/mol. The van der Waals surface area contributed by atoms with Gasteiger partial charge in [0.05, 0.1) is 33.2 Å². The van der Waals surface area contributed by atoms with Gasteiger partial charge in [0.1, 0.15) is 0 Å². The Balaban J connectivity index is 1.50. The summed E-state index contributed by atoms with van der Waals surface area (Å²) >= 11 is 4.82. The van der Waals surface area contributed by atoms with Crippen molar-refractivity contribution in [2.75, 3.05) is 5.32 Å².